The summed E-state index contributed by atoms with van der Waals surface area (Å²) < 4.78 is 0. The molecule has 5 aliphatic carbocycles. The highest BCUT2D eigenvalue weighted by Crippen LogP contribution is 2.65. The summed E-state index contributed by atoms with van der Waals surface area (Å²) in [4.78, 5) is 0. The summed E-state index contributed by atoms with van der Waals surface area (Å²) in [6.45, 7) is 5.12. The smallest absolute Gasteiger partial charge is 0.0650 e. The van der Waals surface area contributed by atoms with E-state index in [0.717, 1.165) is 67.6 Å². The monoisotopic (exact) mass is 372 g/mol. The summed E-state index contributed by atoms with van der Waals surface area (Å²) in [5.74, 6) is 5.13. The van der Waals surface area contributed by atoms with Crippen LogP contribution in [0.3, 0.4) is 0 Å². The van der Waals surface area contributed by atoms with Gasteiger partial charge in [0.2, 0.25) is 0 Å². The van der Waals surface area contributed by atoms with Crippen LogP contribution in [0.4, 0.5) is 0 Å². The van der Waals surface area contributed by atoms with Crippen LogP contribution in [-0.4, -0.2) is 21.9 Å². The number of hydrogen-bond acceptors (Lipinski definition) is 2. The fraction of sp³-hybridized carbons (Fsp3) is 0.920. The van der Waals surface area contributed by atoms with Gasteiger partial charge in [0.15, 0.2) is 0 Å². The number of fused-ring (bicyclic) bond motifs is 5. The van der Waals surface area contributed by atoms with Crippen LogP contribution in [0.25, 0.3) is 0 Å². The third-order valence-corrected chi connectivity index (χ3v) is 10.1. The van der Waals surface area contributed by atoms with Crippen molar-refractivity contribution in [2.75, 3.05) is 0 Å². The van der Waals surface area contributed by atoms with E-state index in [1.165, 1.54) is 44.9 Å². The molecule has 0 aromatic carbocycles. The molecule has 5 rings (SSSR count). The van der Waals surface area contributed by atoms with Crippen LogP contribution in [-0.2, 0) is 0 Å². The van der Waals surface area contributed by atoms with Gasteiger partial charge in [-0.25, -0.2) is 0 Å². The Bertz CT molecular complexity index is 605. The summed E-state index contributed by atoms with van der Waals surface area (Å²) in [5.41, 5.74) is 1.87. The number of allylic oxidation sites excluding steroid dienone is 1. The van der Waals surface area contributed by atoms with Crippen molar-refractivity contribution in [1.82, 2.24) is 0 Å². The lowest BCUT2D eigenvalue weighted by Crippen LogP contribution is -2.47. The summed E-state index contributed by atoms with van der Waals surface area (Å²) in [7, 11) is 0. The Morgan fingerprint density at radius 1 is 1.07 bits per heavy atom. The topological polar surface area (TPSA) is 40.5 Å². The number of rotatable bonds is 4. The first-order valence-electron chi connectivity index (χ1n) is 12.0. The first-order chi connectivity index (χ1) is 12.9. The second-order valence-electron chi connectivity index (χ2n) is 11.5. The highest BCUT2D eigenvalue weighted by Gasteiger charge is 2.56. The minimum absolute atomic E-state index is 0.0732. The van der Waals surface area contributed by atoms with Crippen LogP contribution >= 0.6 is 0 Å². The number of hydrogen-bond donors (Lipinski definition) is 2. The van der Waals surface area contributed by atoms with Gasteiger partial charge in [0.1, 0.15) is 0 Å². The second-order valence-corrected chi connectivity index (χ2v) is 11.5. The molecule has 0 amide bonds. The van der Waals surface area contributed by atoms with E-state index in [1.54, 1.807) is 5.57 Å². The fourth-order valence-electron chi connectivity index (χ4n) is 8.32. The van der Waals surface area contributed by atoms with Crippen LogP contribution in [0.1, 0.15) is 90.9 Å². The van der Waals surface area contributed by atoms with E-state index in [4.69, 9.17) is 0 Å². The lowest BCUT2D eigenvalue weighted by atomic mass is 9.51. The zero-order chi connectivity index (χ0) is 18.8. The molecule has 0 aromatic rings. The Labute approximate surface area is 165 Å². The molecule has 2 heteroatoms. The van der Waals surface area contributed by atoms with E-state index in [2.05, 4.69) is 19.9 Å². The molecule has 152 valence electrons. The molecular formula is C25H40O2. The molecule has 0 radical (unpaired) electrons. The average molecular weight is 373 g/mol. The average Bonchev–Trinajstić information content (AvgIpc) is 3.27. The summed E-state index contributed by atoms with van der Waals surface area (Å²) >= 11 is 0. The Morgan fingerprint density at radius 3 is 2.67 bits per heavy atom. The summed E-state index contributed by atoms with van der Waals surface area (Å²) in [6.07, 6.45) is 17.0. The third-order valence-electron chi connectivity index (χ3n) is 10.1. The zero-order valence-corrected chi connectivity index (χ0v) is 17.5. The molecule has 2 nitrogen and oxygen atoms in total. The Morgan fingerprint density at radius 2 is 1.89 bits per heavy atom. The van der Waals surface area contributed by atoms with Crippen molar-refractivity contribution < 1.29 is 10.2 Å². The maximum Gasteiger partial charge on any atom is 0.0650 e. The van der Waals surface area contributed by atoms with Crippen LogP contribution < -0.4 is 0 Å². The van der Waals surface area contributed by atoms with Gasteiger partial charge in [0.25, 0.3) is 0 Å². The predicted octanol–water partition coefficient (Wildman–Crippen LogP) is 5.48. The van der Waals surface area contributed by atoms with E-state index < -0.39 is 0 Å². The van der Waals surface area contributed by atoms with Gasteiger partial charge < -0.3 is 10.2 Å². The van der Waals surface area contributed by atoms with E-state index in [9.17, 15) is 10.2 Å². The highest BCUT2D eigenvalue weighted by molar-refractivity contribution is 5.20. The predicted molar refractivity (Wildman–Crippen MR) is 109 cm³/mol. The SMILES string of the molecule is CC(CCC1(O)CC1)[C@H]1CCC2C3CC=C4C[C@@H](O)CC[C@@H]4C3CC[C@@]21C. The zero-order valence-electron chi connectivity index (χ0n) is 17.5. The first kappa shape index (κ1) is 18.7. The fourth-order valence-corrected chi connectivity index (χ4v) is 8.32. The highest BCUT2D eigenvalue weighted by atomic mass is 16.3. The van der Waals surface area contributed by atoms with Gasteiger partial charge in [-0.3, -0.25) is 0 Å². The molecule has 4 unspecified atom stereocenters. The van der Waals surface area contributed by atoms with Gasteiger partial charge in [-0.15, -0.1) is 0 Å². The van der Waals surface area contributed by atoms with Crippen molar-refractivity contribution in [3.8, 4) is 0 Å². The molecule has 0 spiro atoms. The quantitative estimate of drug-likeness (QED) is 0.642. The molecule has 0 saturated heterocycles. The Kier molecular flexibility index (Phi) is 4.56. The summed E-state index contributed by atoms with van der Waals surface area (Å²) in [6, 6.07) is 0. The van der Waals surface area contributed by atoms with Gasteiger partial charge >= 0.3 is 0 Å². The molecule has 0 aromatic heterocycles. The lowest BCUT2D eigenvalue weighted by molar-refractivity contribution is -0.0306. The molecule has 5 aliphatic rings. The van der Waals surface area contributed by atoms with Gasteiger partial charge in [-0.2, -0.15) is 0 Å². The molecule has 4 saturated carbocycles. The Hall–Kier alpha value is -0.340. The van der Waals surface area contributed by atoms with E-state index in [-0.39, 0.29) is 11.7 Å². The van der Waals surface area contributed by atoms with E-state index >= 15 is 0 Å². The molecular weight excluding hydrogens is 332 g/mol. The first-order valence-corrected chi connectivity index (χ1v) is 12.0. The molecule has 8 atom stereocenters. The van der Waals surface area contributed by atoms with Crippen molar-refractivity contribution >= 4 is 0 Å². The van der Waals surface area contributed by atoms with Crippen molar-refractivity contribution in [1.29, 1.82) is 0 Å². The van der Waals surface area contributed by atoms with Gasteiger partial charge in [0.05, 0.1) is 11.7 Å². The maximum atomic E-state index is 10.3. The van der Waals surface area contributed by atoms with Crippen LogP contribution in [0.15, 0.2) is 11.6 Å². The van der Waals surface area contributed by atoms with Crippen molar-refractivity contribution in [2.45, 2.75) is 103 Å². The second kappa shape index (κ2) is 6.59. The normalized spacial score (nSPS) is 48.8. The van der Waals surface area contributed by atoms with Crippen molar-refractivity contribution in [2.24, 2.45) is 40.9 Å². The molecule has 0 heterocycles. The number of aliphatic hydroxyl groups is 2. The van der Waals surface area contributed by atoms with Gasteiger partial charge in [0, 0.05) is 0 Å². The minimum Gasteiger partial charge on any atom is -0.393 e. The minimum atomic E-state index is -0.277. The molecule has 0 aliphatic heterocycles. The third kappa shape index (κ3) is 3.14. The largest absolute Gasteiger partial charge is 0.393 e. The molecule has 4 fully saturated rings. The van der Waals surface area contributed by atoms with Crippen molar-refractivity contribution in [3.63, 3.8) is 0 Å². The molecule has 0 bridgehead atoms. The lowest BCUT2D eigenvalue weighted by Gasteiger charge is -2.54. The van der Waals surface area contributed by atoms with Crippen LogP contribution in [0, 0.1) is 40.9 Å². The Balaban J connectivity index is 1.30. The van der Waals surface area contributed by atoms with Crippen molar-refractivity contribution in [3.05, 3.63) is 11.6 Å². The van der Waals surface area contributed by atoms with Crippen LogP contribution in [0.5, 0.6) is 0 Å². The molecule has 27 heavy (non-hydrogen) atoms. The molecule has 2 N–H and O–H groups in total. The number of aliphatic hydroxyl groups excluding tert-OH is 1. The van der Waals surface area contributed by atoms with E-state index in [1.807, 2.05) is 0 Å². The summed E-state index contributed by atoms with van der Waals surface area (Å²) in [5, 5.41) is 20.4. The van der Waals surface area contributed by atoms with Crippen LogP contribution in [0.2, 0.25) is 0 Å². The van der Waals surface area contributed by atoms with Gasteiger partial charge in [-0.05, 0) is 118 Å². The maximum absolute atomic E-state index is 10.3. The van der Waals surface area contributed by atoms with Gasteiger partial charge in [-0.1, -0.05) is 25.5 Å². The standard InChI is InChI=1S/C25H40O2/c1-16(9-12-25(27)13-14-25)22-7-8-23-21-5-3-17-15-18(26)4-6-19(17)20(21)10-11-24(22,23)2/h3,16,18-23,26-27H,4-15H2,1-2H3/t16?,18-,19-,20?,21?,22+,23?,24+/m0/s1. The van der Waals surface area contributed by atoms with E-state index in [0.29, 0.717) is 5.41 Å².